The number of alkyl halides is 2. The molecule has 0 aromatic carbocycles. The van der Waals surface area contributed by atoms with Gasteiger partial charge in [-0.15, -0.1) is 11.6 Å². The average molecular weight is 258 g/mol. The zero-order chi connectivity index (χ0) is 12.1. The van der Waals surface area contributed by atoms with E-state index in [1.165, 1.54) is 0 Å². The van der Waals surface area contributed by atoms with Gasteiger partial charge in [-0.1, -0.05) is 11.6 Å². The molecule has 0 aliphatic rings. The van der Waals surface area contributed by atoms with E-state index in [1.54, 1.807) is 20.8 Å². The molecule has 90 valence electrons. The predicted octanol–water partition coefficient (Wildman–Crippen LogP) is 1.48. The second-order valence-electron chi connectivity index (χ2n) is 3.30. The van der Waals surface area contributed by atoms with Gasteiger partial charge in [0.1, 0.15) is 0 Å². The highest BCUT2D eigenvalue weighted by Gasteiger charge is 2.41. The van der Waals surface area contributed by atoms with E-state index in [0.29, 0.717) is 6.61 Å². The van der Waals surface area contributed by atoms with Gasteiger partial charge in [0, 0.05) is 6.61 Å². The molecule has 0 saturated heterocycles. The van der Waals surface area contributed by atoms with Crippen LogP contribution in [0.4, 0.5) is 0 Å². The molecule has 2 N–H and O–H groups in total. The van der Waals surface area contributed by atoms with Crippen molar-refractivity contribution in [2.24, 2.45) is 5.73 Å². The minimum Gasteiger partial charge on any atom is -0.349 e. The van der Waals surface area contributed by atoms with E-state index in [-0.39, 0.29) is 12.0 Å². The van der Waals surface area contributed by atoms with Crippen LogP contribution in [0.5, 0.6) is 0 Å². The highest BCUT2D eigenvalue weighted by atomic mass is 35.5. The van der Waals surface area contributed by atoms with Gasteiger partial charge in [0.25, 0.3) is 0 Å². The number of hydrogen-bond donors (Lipinski definition) is 1. The van der Waals surface area contributed by atoms with E-state index < -0.39 is 17.1 Å². The number of ketones is 1. The Hall–Kier alpha value is 0.130. The second kappa shape index (κ2) is 6.66. The van der Waals surface area contributed by atoms with Crippen LogP contribution in [0.1, 0.15) is 20.8 Å². The van der Waals surface area contributed by atoms with Crippen LogP contribution in [-0.2, 0) is 14.3 Å². The third-order valence-electron chi connectivity index (χ3n) is 1.61. The van der Waals surface area contributed by atoms with Crippen LogP contribution in [0.25, 0.3) is 0 Å². The summed E-state index contributed by atoms with van der Waals surface area (Å²) in [5, 5.41) is 0. The molecular weight excluding hydrogens is 241 g/mol. The summed E-state index contributed by atoms with van der Waals surface area (Å²) in [4.78, 5) is 9.65. The fourth-order valence-electron chi connectivity index (χ4n) is 0.892. The minimum absolute atomic E-state index is 0.147. The summed E-state index contributed by atoms with van der Waals surface area (Å²) < 4.78 is 10.5. The van der Waals surface area contributed by atoms with Crippen LogP contribution >= 0.6 is 23.2 Å². The maximum atomic E-state index is 11.4. The summed E-state index contributed by atoms with van der Waals surface area (Å²) in [6, 6.07) is 0. The Labute approximate surface area is 100.0 Å². The van der Waals surface area contributed by atoms with Crippen LogP contribution in [-0.4, -0.2) is 35.7 Å². The van der Waals surface area contributed by atoms with Gasteiger partial charge < -0.3 is 15.2 Å². The van der Waals surface area contributed by atoms with Crippen molar-refractivity contribution in [1.29, 1.82) is 0 Å². The van der Waals surface area contributed by atoms with Crippen LogP contribution < -0.4 is 5.73 Å². The maximum Gasteiger partial charge on any atom is 0.202 e. The molecule has 0 fully saturated rings. The van der Waals surface area contributed by atoms with Crippen molar-refractivity contribution in [3.8, 4) is 0 Å². The predicted molar refractivity (Wildman–Crippen MR) is 60.1 cm³/mol. The molecule has 0 heterocycles. The molecule has 2 atom stereocenters. The van der Waals surface area contributed by atoms with Crippen LogP contribution in [0.2, 0.25) is 0 Å². The standard InChI is InChI=1S/C9H17Cl2NO3/c1-4-14-8(15-6(2)3)9(11,12)7(13)5-10/h6,8H,4-5,12H2,1-3H3. The van der Waals surface area contributed by atoms with E-state index in [9.17, 15) is 4.79 Å². The summed E-state index contributed by atoms with van der Waals surface area (Å²) in [6.07, 6.45) is -1.14. The molecule has 15 heavy (non-hydrogen) atoms. The molecule has 0 aliphatic heterocycles. The smallest absolute Gasteiger partial charge is 0.202 e. The first-order valence-electron chi connectivity index (χ1n) is 4.70. The fraction of sp³-hybridized carbons (Fsp3) is 0.889. The van der Waals surface area contributed by atoms with Crippen LogP contribution in [0, 0.1) is 0 Å². The summed E-state index contributed by atoms with van der Waals surface area (Å²) in [6.45, 7) is 5.70. The third-order valence-corrected chi connectivity index (χ3v) is 2.24. The molecule has 0 aromatic heterocycles. The van der Waals surface area contributed by atoms with E-state index in [0.717, 1.165) is 0 Å². The lowest BCUT2D eigenvalue weighted by Crippen LogP contribution is -2.56. The second-order valence-corrected chi connectivity index (χ2v) is 4.19. The quantitative estimate of drug-likeness (QED) is 0.427. The topological polar surface area (TPSA) is 61.6 Å². The van der Waals surface area contributed by atoms with Crippen molar-refractivity contribution >= 4 is 29.0 Å². The number of Topliss-reactive ketones (excluding diaryl/α,β-unsaturated/α-hetero) is 1. The largest absolute Gasteiger partial charge is 0.349 e. The van der Waals surface area contributed by atoms with Crippen LogP contribution in [0.3, 0.4) is 0 Å². The molecule has 0 aromatic rings. The lowest BCUT2D eigenvalue weighted by Gasteiger charge is -2.30. The summed E-state index contributed by atoms with van der Waals surface area (Å²) in [5.41, 5.74) is 5.63. The first kappa shape index (κ1) is 15.1. The van der Waals surface area contributed by atoms with Crippen molar-refractivity contribution in [2.75, 3.05) is 12.5 Å². The van der Waals surface area contributed by atoms with Crippen molar-refractivity contribution in [2.45, 2.75) is 38.2 Å². The molecule has 0 bridgehead atoms. The lowest BCUT2D eigenvalue weighted by molar-refractivity contribution is -0.182. The summed E-state index contributed by atoms with van der Waals surface area (Å²) >= 11 is 11.3. The molecule has 6 heteroatoms. The molecule has 0 amide bonds. The molecule has 0 aliphatic carbocycles. The van der Waals surface area contributed by atoms with Gasteiger partial charge in [0.05, 0.1) is 12.0 Å². The third kappa shape index (κ3) is 4.66. The van der Waals surface area contributed by atoms with Gasteiger partial charge in [-0.3, -0.25) is 4.79 Å². The van der Waals surface area contributed by atoms with E-state index in [4.69, 9.17) is 38.4 Å². The number of ether oxygens (including phenoxy) is 2. The Kier molecular flexibility index (Phi) is 6.71. The number of halogens is 2. The van der Waals surface area contributed by atoms with Crippen molar-refractivity contribution in [1.82, 2.24) is 0 Å². The molecule has 2 unspecified atom stereocenters. The first-order chi connectivity index (χ1) is 6.86. The molecule has 0 spiro atoms. The van der Waals surface area contributed by atoms with Crippen molar-refractivity contribution in [3.05, 3.63) is 0 Å². The van der Waals surface area contributed by atoms with Gasteiger partial charge in [-0.2, -0.15) is 0 Å². The van der Waals surface area contributed by atoms with Gasteiger partial charge >= 0.3 is 0 Å². The molecule has 0 rings (SSSR count). The van der Waals surface area contributed by atoms with Gasteiger partial charge in [-0.05, 0) is 20.8 Å². The SMILES string of the molecule is CCOC(OC(C)C)C(N)(Cl)C(=O)CCl. The number of hydrogen-bond acceptors (Lipinski definition) is 4. The number of nitrogens with two attached hydrogens (primary N) is 1. The molecule has 4 nitrogen and oxygen atoms in total. The van der Waals surface area contributed by atoms with Gasteiger partial charge in [-0.25, -0.2) is 0 Å². The number of carbonyl (C=O) groups is 1. The zero-order valence-electron chi connectivity index (χ0n) is 9.13. The Balaban J connectivity index is 4.64. The van der Waals surface area contributed by atoms with Crippen molar-refractivity contribution < 1.29 is 14.3 Å². The Morgan fingerprint density at radius 3 is 2.40 bits per heavy atom. The van der Waals surface area contributed by atoms with Gasteiger partial charge in [0.15, 0.2) is 12.1 Å². The first-order valence-corrected chi connectivity index (χ1v) is 5.61. The van der Waals surface area contributed by atoms with Crippen LogP contribution in [0.15, 0.2) is 0 Å². The monoisotopic (exact) mass is 257 g/mol. The molecule has 0 saturated carbocycles. The normalized spacial score (nSPS) is 17.5. The molecule has 0 radical (unpaired) electrons. The van der Waals surface area contributed by atoms with E-state index in [2.05, 4.69) is 0 Å². The Morgan fingerprint density at radius 2 is 2.07 bits per heavy atom. The van der Waals surface area contributed by atoms with E-state index >= 15 is 0 Å². The van der Waals surface area contributed by atoms with Crippen molar-refractivity contribution in [3.63, 3.8) is 0 Å². The van der Waals surface area contributed by atoms with E-state index in [1.807, 2.05) is 0 Å². The minimum atomic E-state index is -1.73. The maximum absolute atomic E-state index is 11.4. The molecular formula is C9H17Cl2NO3. The Morgan fingerprint density at radius 1 is 1.53 bits per heavy atom. The lowest BCUT2D eigenvalue weighted by atomic mass is 10.2. The summed E-state index contributed by atoms with van der Waals surface area (Å²) in [5.74, 6) is -0.796. The highest BCUT2D eigenvalue weighted by Crippen LogP contribution is 2.21. The highest BCUT2D eigenvalue weighted by molar-refractivity contribution is 6.41. The zero-order valence-corrected chi connectivity index (χ0v) is 10.6. The average Bonchev–Trinajstić information content (AvgIpc) is 2.15. The number of carbonyl (C=O) groups excluding carboxylic acids is 1. The van der Waals surface area contributed by atoms with Gasteiger partial charge in [0.2, 0.25) is 5.00 Å². The fourth-order valence-corrected chi connectivity index (χ4v) is 1.36. The summed E-state index contributed by atoms with van der Waals surface area (Å²) in [7, 11) is 0. The Bertz CT molecular complexity index is 210. The number of rotatable bonds is 7.